The highest BCUT2D eigenvalue weighted by Crippen LogP contribution is 2.38. The lowest BCUT2D eigenvalue weighted by Crippen LogP contribution is -2.10. The molecular weight excluding hydrogens is 329 g/mol. The third-order valence-electron chi connectivity index (χ3n) is 4.06. The Kier molecular flexibility index (Phi) is 4.23. The summed E-state index contributed by atoms with van der Waals surface area (Å²) in [7, 11) is 0. The molecule has 1 atom stereocenters. The molecule has 4 nitrogen and oxygen atoms in total. The van der Waals surface area contributed by atoms with Gasteiger partial charge in [0.05, 0.1) is 34.3 Å². The maximum Gasteiger partial charge on any atom is 0.417 e. The summed E-state index contributed by atoms with van der Waals surface area (Å²) < 4.78 is 40.1. The Morgan fingerprint density at radius 1 is 1.24 bits per heavy atom. The van der Waals surface area contributed by atoms with Gasteiger partial charge in [0, 0.05) is 0 Å². The van der Waals surface area contributed by atoms with Crippen LogP contribution in [0.15, 0.2) is 36.4 Å². The molecule has 0 fully saturated rings. The highest BCUT2D eigenvalue weighted by molar-refractivity contribution is 5.83. The van der Waals surface area contributed by atoms with Gasteiger partial charge in [0.1, 0.15) is 5.82 Å². The molecular formula is C18H15F3N4. The molecule has 1 unspecified atom stereocenters. The van der Waals surface area contributed by atoms with Gasteiger partial charge in [-0.15, -0.1) is 0 Å². The SMILES string of the molecule is CCC(N)c1nc2ccc(-c3ccc(C#N)cc3C(F)(F)F)cc2[nH]1. The van der Waals surface area contributed by atoms with E-state index >= 15 is 0 Å². The molecule has 25 heavy (non-hydrogen) atoms. The number of nitriles is 1. The molecule has 1 aromatic heterocycles. The van der Waals surface area contributed by atoms with Crippen LogP contribution < -0.4 is 5.73 Å². The number of rotatable bonds is 3. The zero-order valence-corrected chi connectivity index (χ0v) is 13.4. The fourth-order valence-corrected chi connectivity index (χ4v) is 2.67. The van der Waals surface area contributed by atoms with Crippen molar-refractivity contribution in [2.75, 3.05) is 0 Å². The Labute approximate surface area is 142 Å². The lowest BCUT2D eigenvalue weighted by atomic mass is 9.97. The van der Waals surface area contributed by atoms with Gasteiger partial charge in [-0.3, -0.25) is 0 Å². The molecule has 0 bridgehead atoms. The van der Waals surface area contributed by atoms with Gasteiger partial charge in [-0.05, 0) is 41.8 Å². The first-order valence-electron chi connectivity index (χ1n) is 7.70. The van der Waals surface area contributed by atoms with Crippen LogP contribution in [0.5, 0.6) is 0 Å². The summed E-state index contributed by atoms with van der Waals surface area (Å²) in [4.78, 5) is 7.44. The second-order valence-corrected chi connectivity index (χ2v) is 5.74. The van der Waals surface area contributed by atoms with E-state index in [0.29, 0.717) is 28.8 Å². The van der Waals surface area contributed by atoms with Gasteiger partial charge in [-0.1, -0.05) is 19.1 Å². The molecule has 7 heteroatoms. The topological polar surface area (TPSA) is 78.5 Å². The van der Waals surface area contributed by atoms with Crippen LogP contribution in [0, 0.1) is 11.3 Å². The minimum absolute atomic E-state index is 0.0179. The molecule has 1 heterocycles. The molecule has 0 saturated carbocycles. The van der Waals surface area contributed by atoms with Crippen LogP contribution in [0.1, 0.15) is 36.3 Å². The predicted molar refractivity (Wildman–Crippen MR) is 88.5 cm³/mol. The first-order chi connectivity index (χ1) is 11.8. The summed E-state index contributed by atoms with van der Waals surface area (Å²) in [6.45, 7) is 1.93. The van der Waals surface area contributed by atoms with Crippen molar-refractivity contribution in [3.63, 3.8) is 0 Å². The van der Waals surface area contributed by atoms with Gasteiger partial charge in [0.25, 0.3) is 0 Å². The molecule has 3 aromatic rings. The number of halogens is 3. The Balaban J connectivity index is 2.15. The summed E-state index contributed by atoms with van der Waals surface area (Å²) in [6.07, 6.45) is -3.86. The molecule has 0 saturated heterocycles. The monoisotopic (exact) mass is 344 g/mol. The van der Waals surface area contributed by atoms with E-state index in [9.17, 15) is 13.2 Å². The van der Waals surface area contributed by atoms with Crippen molar-refractivity contribution in [3.8, 4) is 17.2 Å². The van der Waals surface area contributed by atoms with E-state index in [2.05, 4.69) is 9.97 Å². The van der Waals surface area contributed by atoms with Crippen molar-refractivity contribution in [1.82, 2.24) is 9.97 Å². The second kappa shape index (κ2) is 6.22. The molecule has 0 aliphatic heterocycles. The minimum atomic E-state index is -4.55. The van der Waals surface area contributed by atoms with Gasteiger partial charge < -0.3 is 10.7 Å². The molecule has 3 N–H and O–H groups in total. The summed E-state index contributed by atoms with van der Waals surface area (Å²) in [5, 5.41) is 8.87. The third-order valence-corrected chi connectivity index (χ3v) is 4.06. The van der Waals surface area contributed by atoms with Crippen LogP contribution in [0.3, 0.4) is 0 Å². The number of hydrogen-bond acceptors (Lipinski definition) is 3. The fourth-order valence-electron chi connectivity index (χ4n) is 2.67. The quantitative estimate of drug-likeness (QED) is 0.733. The highest BCUT2D eigenvalue weighted by atomic mass is 19.4. The minimum Gasteiger partial charge on any atom is -0.341 e. The molecule has 0 spiro atoms. The predicted octanol–water partition coefficient (Wildman–Crippen LogP) is 4.53. The largest absolute Gasteiger partial charge is 0.417 e. The Bertz CT molecular complexity index is 967. The standard InChI is InChI=1S/C18H15F3N4/c1-2-14(23)17-24-15-6-4-11(8-16(15)25-17)12-5-3-10(9-22)7-13(12)18(19,20)21/h3-8,14H,2,23H2,1H3,(H,24,25). The van der Waals surface area contributed by atoms with E-state index in [1.807, 2.05) is 6.92 Å². The number of nitrogens with one attached hydrogen (secondary N) is 1. The third kappa shape index (κ3) is 3.21. The molecule has 3 rings (SSSR count). The second-order valence-electron chi connectivity index (χ2n) is 5.74. The molecule has 0 aliphatic rings. The van der Waals surface area contributed by atoms with Crippen molar-refractivity contribution in [2.24, 2.45) is 5.73 Å². The van der Waals surface area contributed by atoms with Crippen LogP contribution in [0.2, 0.25) is 0 Å². The van der Waals surface area contributed by atoms with Crippen molar-refractivity contribution >= 4 is 11.0 Å². The van der Waals surface area contributed by atoms with E-state index in [1.165, 1.54) is 12.1 Å². The highest BCUT2D eigenvalue weighted by Gasteiger charge is 2.34. The zero-order chi connectivity index (χ0) is 18.2. The smallest absolute Gasteiger partial charge is 0.341 e. The van der Waals surface area contributed by atoms with E-state index in [1.54, 1.807) is 24.3 Å². The number of aromatic nitrogens is 2. The van der Waals surface area contributed by atoms with Crippen molar-refractivity contribution < 1.29 is 13.2 Å². The first-order valence-corrected chi connectivity index (χ1v) is 7.70. The zero-order valence-electron chi connectivity index (χ0n) is 13.4. The van der Waals surface area contributed by atoms with Crippen molar-refractivity contribution in [1.29, 1.82) is 5.26 Å². The van der Waals surface area contributed by atoms with Crippen LogP contribution in [-0.2, 0) is 6.18 Å². The van der Waals surface area contributed by atoms with Crippen molar-refractivity contribution in [2.45, 2.75) is 25.6 Å². The number of alkyl halides is 3. The van der Waals surface area contributed by atoms with E-state index in [0.717, 1.165) is 6.07 Å². The summed E-state index contributed by atoms with van der Waals surface area (Å²) in [5.41, 5.74) is 6.75. The van der Waals surface area contributed by atoms with Gasteiger partial charge in [-0.25, -0.2) is 4.98 Å². The fraction of sp³-hybridized carbons (Fsp3) is 0.222. The number of aromatic amines is 1. The maximum absolute atomic E-state index is 13.4. The van der Waals surface area contributed by atoms with Gasteiger partial charge in [0.15, 0.2) is 0 Å². The van der Waals surface area contributed by atoms with E-state index < -0.39 is 11.7 Å². The molecule has 0 amide bonds. The number of H-pyrrole nitrogens is 1. The summed E-state index contributed by atoms with van der Waals surface area (Å²) in [5.74, 6) is 0.602. The summed E-state index contributed by atoms with van der Waals surface area (Å²) in [6, 6.07) is 9.90. The Morgan fingerprint density at radius 3 is 2.64 bits per heavy atom. The Hall–Kier alpha value is -2.85. The maximum atomic E-state index is 13.4. The number of benzene rings is 2. The average molecular weight is 344 g/mol. The normalized spacial score (nSPS) is 13.0. The van der Waals surface area contributed by atoms with Crippen LogP contribution in [0.25, 0.3) is 22.2 Å². The van der Waals surface area contributed by atoms with Gasteiger partial charge in [0.2, 0.25) is 0 Å². The van der Waals surface area contributed by atoms with Gasteiger partial charge in [-0.2, -0.15) is 18.4 Å². The summed E-state index contributed by atoms with van der Waals surface area (Å²) >= 11 is 0. The molecule has 128 valence electrons. The van der Waals surface area contributed by atoms with E-state index in [-0.39, 0.29) is 17.2 Å². The lowest BCUT2D eigenvalue weighted by molar-refractivity contribution is -0.137. The van der Waals surface area contributed by atoms with Crippen LogP contribution in [-0.4, -0.2) is 9.97 Å². The molecule has 0 radical (unpaired) electrons. The number of hydrogen-bond donors (Lipinski definition) is 2. The molecule has 2 aromatic carbocycles. The first kappa shape index (κ1) is 17.0. The van der Waals surface area contributed by atoms with E-state index in [4.69, 9.17) is 11.0 Å². The molecule has 0 aliphatic carbocycles. The number of nitrogens with zero attached hydrogens (tertiary/aromatic N) is 2. The van der Waals surface area contributed by atoms with Gasteiger partial charge >= 0.3 is 6.18 Å². The average Bonchev–Trinajstić information content (AvgIpc) is 3.02. The van der Waals surface area contributed by atoms with Crippen molar-refractivity contribution in [3.05, 3.63) is 53.3 Å². The van der Waals surface area contributed by atoms with Crippen LogP contribution in [0.4, 0.5) is 13.2 Å². The number of imidazole rings is 1. The Morgan fingerprint density at radius 2 is 2.00 bits per heavy atom. The number of nitrogens with two attached hydrogens (primary N) is 1. The van der Waals surface area contributed by atoms with Crippen LogP contribution >= 0.6 is 0 Å². The lowest BCUT2D eigenvalue weighted by Gasteiger charge is -2.13. The number of fused-ring (bicyclic) bond motifs is 1.